The number of fused-ring (bicyclic) bond motifs is 1. The molecule has 1 amide bonds. The summed E-state index contributed by atoms with van der Waals surface area (Å²) in [4.78, 5) is 11.8. The fourth-order valence-corrected chi connectivity index (χ4v) is 2.80. The van der Waals surface area contributed by atoms with Crippen molar-refractivity contribution in [2.45, 2.75) is 66.0 Å². The monoisotopic (exact) mass is 326 g/mol. The molecule has 124 valence electrons. The number of amides is 1. The summed E-state index contributed by atoms with van der Waals surface area (Å²) in [7, 11) is 0. The van der Waals surface area contributed by atoms with Crippen LogP contribution in [0.25, 0.3) is 0 Å². The van der Waals surface area contributed by atoms with Crippen molar-refractivity contribution >= 4 is 23.4 Å². The fourth-order valence-electron chi connectivity index (χ4n) is 2.53. The van der Waals surface area contributed by atoms with Gasteiger partial charge in [0.15, 0.2) is 0 Å². The Morgan fingerprint density at radius 1 is 1.36 bits per heavy atom. The van der Waals surface area contributed by atoms with Gasteiger partial charge in [-0.2, -0.15) is 0 Å². The van der Waals surface area contributed by atoms with Crippen molar-refractivity contribution in [2.75, 3.05) is 5.73 Å². The van der Waals surface area contributed by atoms with E-state index in [0.717, 1.165) is 24.0 Å². The second kappa shape index (κ2) is 7.23. The largest absolute Gasteiger partial charge is 0.444 e. The molecule has 0 aliphatic heterocycles. The minimum atomic E-state index is -0.487. The Hall–Kier alpha value is -1.42. The van der Waals surface area contributed by atoms with E-state index in [-0.39, 0.29) is 12.1 Å². The number of ether oxygens (including phenoxy) is 1. The quantitative estimate of drug-likeness (QED) is 0.758. The summed E-state index contributed by atoms with van der Waals surface area (Å²) in [5, 5.41) is 3.49. The van der Waals surface area contributed by atoms with Crippen LogP contribution in [0.5, 0.6) is 0 Å². The van der Waals surface area contributed by atoms with Crippen LogP contribution in [0.3, 0.4) is 0 Å². The number of rotatable bonds is 1. The molecule has 1 unspecified atom stereocenters. The van der Waals surface area contributed by atoms with E-state index in [1.807, 2.05) is 47.6 Å². The molecule has 3 N–H and O–H groups in total. The number of alkyl carbamates (subject to hydrolysis) is 1. The number of benzene rings is 1. The molecule has 22 heavy (non-hydrogen) atoms. The number of nitrogens with two attached hydrogens (primary N) is 1. The van der Waals surface area contributed by atoms with Gasteiger partial charge in [0, 0.05) is 6.04 Å². The second-order valence-electron chi connectivity index (χ2n) is 6.29. The number of hydrogen-bond acceptors (Lipinski definition) is 3. The molecule has 1 aromatic rings. The lowest BCUT2D eigenvalue weighted by atomic mass is 10.0. The van der Waals surface area contributed by atoms with E-state index in [0.29, 0.717) is 10.7 Å². The highest BCUT2D eigenvalue weighted by Crippen LogP contribution is 2.34. The standard InChI is InChI=1S/C15H21ClN2O2.C2H6/c1-8-11-7-10(18-14(19)20-15(2,3)4)5-9(11)6-12(16)13(8)17;1-2/h6,10H,5,7,17H2,1-4H3,(H,18,19);1-2H3. The van der Waals surface area contributed by atoms with Gasteiger partial charge in [-0.3, -0.25) is 0 Å². The molecule has 0 radical (unpaired) electrons. The van der Waals surface area contributed by atoms with E-state index in [1.165, 1.54) is 5.56 Å². The first-order chi connectivity index (χ1) is 10.2. The average Bonchev–Trinajstić information content (AvgIpc) is 2.78. The zero-order chi connectivity index (χ0) is 17.1. The molecular weight excluding hydrogens is 300 g/mol. The molecule has 1 aliphatic carbocycles. The summed E-state index contributed by atoms with van der Waals surface area (Å²) >= 11 is 6.10. The number of carbonyl (C=O) groups excluding carboxylic acids is 1. The summed E-state index contributed by atoms with van der Waals surface area (Å²) < 4.78 is 5.28. The Kier molecular flexibility index (Phi) is 6.12. The van der Waals surface area contributed by atoms with Crippen LogP contribution in [0.4, 0.5) is 10.5 Å². The third-order valence-electron chi connectivity index (χ3n) is 3.44. The van der Waals surface area contributed by atoms with Crippen LogP contribution in [-0.2, 0) is 17.6 Å². The minimum absolute atomic E-state index is 0.0383. The van der Waals surface area contributed by atoms with Crippen LogP contribution in [0, 0.1) is 6.92 Å². The zero-order valence-corrected chi connectivity index (χ0v) is 15.1. The molecule has 2 rings (SSSR count). The van der Waals surface area contributed by atoms with Crippen molar-refractivity contribution in [1.82, 2.24) is 5.32 Å². The second-order valence-corrected chi connectivity index (χ2v) is 6.69. The van der Waals surface area contributed by atoms with Gasteiger partial charge in [-0.05, 0) is 63.3 Å². The van der Waals surface area contributed by atoms with Gasteiger partial charge in [0.1, 0.15) is 5.60 Å². The Balaban J connectivity index is 0.00000116. The van der Waals surface area contributed by atoms with E-state index >= 15 is 0 Å². The van der Waals surface area contributed by atoms with Gasteiger partial charge in [-0.15, -0.1) is 0 Å². The minimum Gasteiger partial charge on any atom is -0.444 e. The number of nitrogen functional groups attached to an aromatic ring is 1. The van der Waals surface area contributed by atoms with Gasteiger partial charge in [0.05, 0.1) is 10.7 Å². The topological polar surface area (TPSA) is 64.3 Å². The van der Waals surface area contributed by atoms with Crippen LogP contribution in [0.2, 0.25) is 5.02 Å². The normalized spacial score (nSPS) is 16.4. The molecule has 0 heterocycles. The molecule has 0 aromatic heterocycles. The van der Waals surface area contributed by atoms with E-state index in [9.17, 15) is 4.79 Å². The van der Waals surface area contributed by atoms with E-state index < -0.39 is 5.60 Å². The smallest absolute Gasteiger partial charge is 0.407 e. The number of carbonyl (C=O) groups is 1. The third-order valence-corrected chi connectivity index (χ3v) is 3.75. The van der Waals surface area contributed by atoms with Gasteiger partial charge >= 0.3 is 6.09 Å². The van der Waals surface area contributed by atoms with Crippen LogP contribution >= 0.6 is 11.6 Å². The van der Waals surface area contributed by atoms with Gasteiger partial charge in [0.2, 0.25) is 0 Å². The van der Waals surface area contributed by atoms with Gasteiger partial charge in [-0.1, -0.05) is 25.4 Å². The summed E-state index contributed by atoms with van der Waals surface area (Å²) in [6.07, 6.45) is 1.14. The Labute approximate surface area is 138 Å². The molecule has 0 spiro atoms. The number of anilines is 1. The maximum absolute atomic E-state index is 11.8. The molecule has 1 aliphatic rings. The molecule has 1 aromatic carbocycles. The predicted molar refractivity (Wildman–Crippen MR) is 92.5 cm³/mol. The molecule has 0 bridgehead atoms. The molecule has 1 atom stereocenters. The van der Waals surface area contributed by atoms with Crippen LogP contribution in [0.15, 0.2) is 6.07 Å². The predicted octanol–water partition coefficient (Wildman–Crippen LogP) is 4.25. The molecule has 0 fully saturated rings. The van der Waals surface area contributed by atoms with Gasteiger partial charge < -0.3 is 15.8 Å². The lowest BCUT2D eigenvalue weighted by Crippen LogP contribution is -2.39. The third kappa shape index (κ3) is 4.54. The van der Waals surface area contributed by atoms with Crippen LogP contribution in [-0.4, -0.2) is 17.7 Å². The van der Waals surface area contributed by atoms with Crippen molar-refractivity contribution in [3.05, 3.63) is 27.8 Å². The first-order valence-electron chi connectivity index (χ1n) is 7.73. The van der Waals surface area contributed by atoms with Gasteiger partial charge in [0.25, 0.3) is 0 Å². The maximum Gasteiger partial charge on any atom is 0.407 e. The molecule has 4 nitrogen and oxygen atoms in total. The van der Waals surface area contributed by atoms with Crippen LogP contribution in [0.1, 0.15) is 51.3 Å². The van der Waals surface area contributed by atoms with Crippen molar-refractivity contribution < 1.29 is 9.53 Å². The van der Waals surface area contributed by atoms with Crippen molar-refractivity contribution in [3.8, 4) is 0 Å². The Bertz CT molecular complexity index is 551. The summed E-state index contributed by atoms with van der Waals surface area (Å²) in [5.74, 6) is 0. The first kappa shape index (κ1) is 18.6. The van der Waals surface area contributed by atoms with Crippen molar-refractivity contribution in [3.63, 3.8) is 0 Å². The molecular formula is C17H27ClN2O2. The summed E-state index contributed by atoms with van der Waals surface area (Å²) in [5.41, 5.74) is 9.44. The lowest BCUT2D eigenvalue weighted by molar-refractivity contribution is 0.0506. The highest BCUT2D eigenvalue weighted by Gasteiger charge is 2.27. The summed E-state index contributed by atoms with van der Waals surface area (Å²) in [6, 6.07) is 1.94. The highest BCUT2D eigenvalue weighted by molar-refractivity contribution is 6.33. The van der Waals surface area contributed by atoms with Crippen molar-refractivity contribution in [1.29, 1.82) is 0 Å². The van der Waals surface area contributed by atoms with Crippen LogP contribution < -0.4 is 11.1 Å². The Morgan fingerprint density at radius 3 is 2.50 bits per heavy atom. The molecule has 0 saturated heterocycles. The van der Waals surface area contributed by atoms with E-state index in [4.69, 9.17) is 22.1 Å². The zero-order valence-electron chi connectivity index (χ0n) is 14.3. The molecule has 0 saturated carbocycles. The highest BCUT2D eigenvalue weighted by atomic mass is 35.5. The lowest BCUT2D eigenvalue weighted by Gasteiger charge is -2.21. The summed E-state index contributed by atoms with van der Waals surface area (Å²) in [6.45, 7) is 11.5. The maximum atomic E-state index is 11.8. The first-order valence-corrected chi connectivity index (χ1v) is 8.11. The SMILES string of the molecule is CC.Cc1c(N)c(Cl)cc2c1CC(NC(=O)OC(C)(C)C)C2. The number of nitrogens with one attached hydrogen (secondary N) is 1. The molecule has 5 heteroatoms. The van der Waals surface area contributed by atoms with E-state index in [1.54, 1.807) is 0 Å². The Morgan fingerprint density at radius 2 is 1.95 bits per heavy atom. The average molecular weight is 327 g/mol. The number of halogens is 1. The van der Waals surface area contributed by atoms with Crippen molar-refractivity contribution in [2.24, 2.45) is 0 Å². The van der Waals surface area contributed by atoms with Gasteiger partial charge in [-0.25, -0.2) is 4.79 Å². The number of hydrogen-bond donors (Lipinski definition) is 2. The van der Waals surface area contributed by atoms with E-state index in [2.05, 4.69) is 5.32 Å². The fraction of sp³-hybridized carbons (Fsp3) is 0.588.